The molecule has 0 aliphatic carbocycles. The molecule has 2 aliphatic rings. The van der Waals surface area contributed by atoms with Crippen LogP contribution in [0, 0.1) is 5.92 Å². The van der Waals surface area contributed by atoms with Crippen molar-refractivity contribution in [2.75, 3.05) is 20.2 Å². The van der Waals surface area contributed by atoms with Crippen LogP contribution in [0.2, 0.25) is 0 Å². The lowest BCUT2D eigenvalue weighted by molar-refractivity contribution is -0.152. The fourth-order valence-corrected chi connectivity index (χ4v) is 3.37. The van der Waals surface area contributed by atoms with E-state index in [1.54, 1.807) is 0 Å². The summed E-state index contributed by atoms with van der Waals surface area (Å²) in [6.45, 7) is 6.69. The molecule has 0 aromatic carbocycles. The van der Waals surface area contributed by atoms with Crippen LogP contribution < -0.4 is 10.6 Å². The lowest BCUT2D eigenvalue weighted by atomic mass is 9.97. The van der Waals surface area contributed by atoms with E-state index >= 15 is 0 Å². The Hall–Kier alpha value is -2.16. The molecular weight excluding hydrogens is 366 g/mol. The standard InChI is InChI=1S/C19H31N3O6/c1-5-9-20-16(23)14-15(28-14)17(24)21-13(11(3)6-2)18(25)22-10-7-8-12(22)19(26)27-4/h11-15H,5-10H2,1-4H3,(H,20,23)(H,21,24)/t11?,12-,13-,14?,15?/m0/s1. The van der Waals surface area contributed by atoms with Crippen LogP contribution in [0.5, 0.6) is 0 Å². The fraction of sp³-hybridized carbons (Fsp3) is 0.789. The minimum atomic E-state index is -0.883. The van der Waals surface area contributed by atoms with E-state index in [0.29, 0.717) is 32.4 Å². The fourth-order valence-electron chi connectivity index (χ4n) is 3.37. The van der Waals surface area contributed by atoms with E-state index in [0.717, 1.165) is 6.42 Å². The number of rotatable bonds is 9. The molecule has 158 valence electrons. The first kappa shape index (κ1) is 22.1. The maximum Gasteiger partial charge on any atom is 0.328 e. The van der Waals surface area contributed by atoms with Gasteiger partial charge in [0.2, 0.25) is 5.91 Å². The largest absolute Gasteiger partial charge is 0.467 e. The molecule has 2 N–H and O–H groups in total. The summed E-state index contributed by atoms with van der Waals surface area (Å²) in [5.41, 5.74) is 0. The third kappa shape index (κ3) is 5.01. The third-order valence-corrected chi connectivity index (χ3v) is 5.34. The zero-order valence-corrected chi connectivity index (χ0v) is 17.0. The minimum Gasteiger partial charge on any atom is -0.467 e. The molecule has 28 heavy (non-hydrogen) atoms. The van der Waals surface area contributed by atoms with E-state index in [9.17, 15) is 19.2 Å². The van der Waals surface area contributed by atoms with Crippen molar-refractivity contribution in [1.29, 1.82) is 0 Å². The zero-order chi connectivity index (χ0) is 20.8. The zero-order valence-electron chi connectivity index (χ0n) is 17.0. The molecule has 0 spiro atoms. The number of carbonyl (C=O) groups excluding carboxylic acids is 4. The number of carbonyl (C=O) groups is 4. The van der Waals surface area contributed by atoms with Crippen LogP contribution in [0.4, 0.5) is 0 Å². The summed E-state index contributed by atoms with van der Waals surface area (Å²) in [4.78, 5) is 51.0. The Kier molecular flexibility index (Phi) is 7.79. The van der Waals surface area contributed by atoms with E-state index in [1.165, 1.54) is 12.0 Å². The SMILES string of the molecule is CCCNC(=O)C1OC1C(=O)N[C@H](C(=O)N1CCC[C@H]1C(=O)OC)C(C)CC. The third-order valence-electron chi connectivity index (χ3n) is 5.34. The molecule has 9 nitrogen and oxygen atoms in total. The molecular formula is C19H31N3O6. The number of amides is 3. The highest BCUT2D eigenvalue weighted by atomic mass is 16.6. The summed E-state index contributed by atoms with van der Waals surface area (Å²) in [6, 6.07) is -1.41. The number of nitrogens with one attached hydrogen (secondary N) is 2. The Morgan fingerprint density at radius 3 is 2.46 bits per heavy atom. The monoisotopic (exact) mass is 397 g/mol. The molecule has 0 aromatic heterocycles. The van der Waals surface area contributed by atoms with Gasteiger partial charge in [0.25, 0.3) is 11.8 Å². The van der Waals surface area contributed by atoms with Crippen molar-refractivity contribution in [2.45, 2.75) is 70.7 Å². The highest BCUT2D eigenvalue weighted by molar-refractivity contribution is 5.97. The van der Waals surface area contributed by atoms with E-state index < -0.39 is 36.2 Å². The predicted octanol–water partition coefficient (Wildman–Crippen LogP) is -0.0251. The van der Waals surface area contributed by atoms with Gasteiger partial charge in [-0.1, -0.05) is 27.2 Å². The highest BCUT2D eigenvalue weighted by Crippen LogP contribution is 2.25. The maximum atomic E-state index is 13.1. The summed E-state index contributed by atoms with van der Waals surface area (Å²) >= 11 is 0. The lowest BCUT2D eigenvalue weighted by Gasteiger charge is -2.30. The van der Waals surface area contributed by atoms with Gasteiger partial charge in [0, 0.05) is 13.1 Å². The number of esters is 1. The second kappa shape index (κ2) is 9.86. The molecule has 0 saturated carbocycles. The van der Waals surface area contributed by atoms with Gasteiger partial charge in [0.1, 0.15) is 12.1 Å². The normalized spacial score (nSPS) is 25.6. The predicted molar refractivity (Wildman–Crippen MR) is 100 cm³/mol. The first-order valence-electron chi connectivity index (χ1n) is 9.97. The van der Waals surface area contributed by atoms with Crippen molar-refractivity contribution in [3.8, 4) is 0 Å². The first-order chi connectivity index (χ1) is 13.3. The van der Waals surface area contributed by atoms with Crippen LogP contribution in [0.1, 0.15) is 46.5 Å². The second-order valence-electron chi connectivity index (χ2n) is 7.35. The average Bonchev–Trinajstić information content (AvgIpc) is 3.36. The van der Waals surface area contributed by atoms with E-state index in [4.69, 9.17) is 9.47 Å². The molecule has 2 aliphatic heterocycles. The summed E-state index contributed by atoms with van der Waals surface area (Å²) < 4.78 is 10.0. The van der Waals surface area contributed by atoms with Gasteiger partial charge in [0.15, 0.2) is 12.2 Å². The van der Waals surface area contributed by atoms with Crippen molar-refractivity contribution in [3.63, 3.8) is 0 Å². The second-order valence-corrected chi connectivity index (χ2v) is 7.35. The Morgan fingerprint density at radius 1 is 1.18 bits per heavy atom. The van der Waals surface area contributed by atoms with Crippen LogP contribution in [0.3, 0.4) is 0 Å². The van der Waals surface area contributed by atoms with Crippen molar-refractivity contribution >= 4 is 23.7 Å². The van der Waals surface area contributed by atoms with Crippen LogP contribution in [0.15, 0.2) is 0 Å². The molecule has 9 heteroatoms. The van der Waals surface area contributed by atoms with Gasteiger partial charge in [-0.2, -0.15) is 0 Å². The quantitative estimate of drug-likeness (QED) is 0.417. The molecule has 0 radical (unpaired) electrons. The Morgan fingerprint density at radius 2 is 1.86 bits per heavy atom. The van der Waals surface area contributed by atoms with Crippen molar-refractivity contribution in [3.05, 3.63) is 0 Å². The van der Waals surface area contributed by atoms with Crippen LogP contribution in [-0.2, 0) is 28.7 Å². The van der Waals surface area contributed by atoms with Crippen molar-refractivity contribution < 1.29 is 28.7 Å². The smallest absolute Gasteiger partial charge is 0.328 e. The molecule has 3 amide bonds. The van der Waals surface area contributed by atoms with Gasteiger partial charge in [0.05, 0.1) is 7.11 Å². The number of likely N-dealkylation sites (tertiary alicyclic amines) is 1. The topological polar surface area (TPSA) is 117 Å². The summed E-state index contributed by atoms with van der Waals surface area (Å²) in [5, 5.41) is 5.43. The molecule has 5 atom stereocenters. The Labute approximate surface area is 165 Å². The van der Waals surface area contributed by atoms with Crippen molar-refractivity contribution in [2.24, 2.45) is 5.92 Å². The molecule has 3 unspecified atom stereocenters. The number of methoxy groups -OCH3 is 1. The van der Waals surface area contributed by atoms with Gasteiger partial charge in [-0.25, -0.2) is 4.79 Å². The van der Waals surface area contributed by atoms with Gasteiger partial charge in [-0.3, -0.25) is 14.4 Å². The molecule has 2 rings (SSSR count). The molecule has 2 heterocycles. The number of nitrogens with zero attached hydrogens (tertiary/aromatic N) is 1. The van der Waals surface area contributed by atoms with Crippen molar-refractivity contribution in [1.82, 2.24) is 15.5 Å². The van der Waals surface area contributed by atoms with Gasteiger partial charge in [-0.15, -0.1) is 0 Å². The molecule has 2 saturated heterocycles. The maximum absolute atomic E-state index is 13.1. The minimum absolute atomic E-state index is 0.138. The molecule has 0 bridgehead atoms. The molecule has 0 aromatic rings. The van der Waals surface area contributed by atoms with E-state index in [-0.39, 0.29) is 17.7 Å². The van der Waals surface area contributed by atoms with E-state index in [1.807, 2.05) is 20.8 Å². The van der Waals surface area contributed by atoms with Gasteiger partial charge in [-0.05, 0) is 25.2 Å². The summed E-state index contributed by atoms with van der Waals surface area (Å²) in [6.07, 6.45) is 1.01. The first-order valence-corrected chi connectivity index (χ1v) is 9.97. The van der Waals surface area contributed by atoms with Crippen LogP contribution in [0.25, 0.3) is 0 Å². The number of epoxide rings is 1. The van der Waals surface area contributed by atoms with E-state index in [2.05, 4.69) is 10.6 Å². The average molecular weight is 397 g/mol. The molecule has 2 fully saturated rings. The number of ether oxygens (including phenoxy) is 2. The Balaban J connectivity index is 2.02. The summed E-state index contributed by atoms with van der Waals surface area (Å²) in [7, 11) is 1.30. The lowest BCUT2D eigenvalue weighted by Crippen LogP contribution is -2.55. The highest BCUT2D eigenvalue weighted by Gasteiger charge is 2.51. The van der Waals surface area contributed by atoms with Crippen LogP contribution >= 0.6 is 0 Å². The van der Waals surface area contributed by atoms with Crippen LogP contribution in [-0.4, -0.2) is 73.1 Å². The van der Waals surface area contributed by atoms with Gasteiger partial charge < -0.3 is 25.0 Å². The summed E-state index contributed by atoms with van der Waals surface area (Å²) in [5.74, 6) is -1.69. The Bertz CT molecular complexity index is 610. The van der Waals surface area contributed by atoms with Gasteiger partial charge >= 0.3 is 5.97 Å². The number of hydrogen-bond acceptors (Lipinski definition) is 6. The number of hydrogen-bond donors (Lipinski definition) is 2.